The van der Waals surface area contributed by atoms with Crippen molar-refractivity contribution in [1.82, 2.24) is 30.2 Å². The molecule has 0 spiro atoms. The van der Waals surface area contributed by atoms with Crippen LogP contribution in [0.5, 0.6) is 0 Å². The van der Waals surface area contributed by atoms with Gasteiger partial charge in [-0.1, -0.05) is 11.6 Å². The summed E-state index contributed by atoms with van der Waals surface area (Å²) in [6.45, 7) is 2.84. The average Bonchev–Trinajstić information content (AvgIpc) is 3.42. The summed E-state index contributed by atoms with van der Waals surface area (Å²) >= 11 is 6.07. The molecular formula is C20H21ClFN7O2. The van der Waals surface area contributed by atoms with Crippen molar-refractivity contribution in [3.8, 4) is 11.4 Å². The Kier molecular flexibility index (Phi) is 5.43. The van der Waals surface area contributed by atoms with Gasteiger partial charge in [0.15, 0.2) is 17.5 Å². The molecule has 2 aliphatic rings. The van der Waals surface area contributed by atoms with Crippen molar-refractivity contribution >= 4 is 34.4 Å². The summed E-state index contributed by atoms with van der Waals surface area (Å²) in [7, 11) is 0. The SMILES string of the molecule is O=C(C1CNCCO1)N1CC[C@H](Nc2nc(-c3c[nH]c4ncc(Cl)cc34)ncc2F)C1. The predicted octanol–water partition coefficient (Wildman–Crippen LogP) is 1.81. The van der Waals surface area contributed by atoms with Crippen LogP contribution in [0.2, 0.25) is 5.02 Å². The first-order valence-corrected chi connectivity index (χ1v) is 10.5. The van der Waals surface area contributed by atoms with E-state index in [4.69, 9.17) is 16.3 Å². The first-order chi connectivity index (χ1) is 15.1. The summed E-state index contributed by atoms with van der Waals surface area (Å²) in [5.41, 5.74) is 1.32. The molecule has 11 heteroatoms. The molecule has 162 valence electrons. The standard InChI is InChI=1S/C20H21ClFN7O2/c21-11-5-13-14(7-25-17(13)24-6-11)18-26-8-15(22)19(28-18)27-12-1-3-29(10-12)20(30)16-9-23-2-4-31-16/h5-8,12,16,23H,1-4,9-10H2,(H,24,25)(H,26,27,28)/t12-,16?/m0/s1. The lowest BCUT2D eigenvalue weighted by molar-refractivity contribution is -0.144. The van der Waals surface area contributed by atoms with Crippen molar-refractivity contribution in [3.05, 3.63) is 35.5 Å². The lowest BCUT2D eigenvalue weighted by atomic mass is 10.2. The fourth-order valence-electron chi connectivity index (χ4n) is 3.96. The summed E-state index contributed by atoms with van der Waals surface area (Å²) in [6, 6.07) is 1.65. The molecule has 1 unspecified atom stereocenters. The number of carbonyl (C=O) groups is 1. The van der Waals surface area contributed by atoms with Gasteiger partial charge in [-0.15, -0.1) is 0 Å². The molecule has 2 saturated heterocycles. The Bertz CT molecular complexity index is 1120. The Morgan fingerprint density at radius 3 is 3.10 bits per heavy atom. The van der Waals surface area contributed by atoms with E-state index in [-0.39, 0.29) is 17.8 Å². The first kappa shape index (κ1) is 20.1. The van der Waals surface area contributed by atoms with Gasteiger partial charge in [-0.25, -0.2) is 19.3 Å². The molecule has 0 saturated carbocycles. The number of pyridine rings is 1. The normalized spacial score (nSPS) is 21.5. The van der Waals surface area contributed by atoms with E-state index in [9.17, 15) is 9.18 Å². The minimum atomic E-state index is -0.552. The number of hydrogen-bond donors (Lipinski definition) is 3. The molecule has 0 bridgehead atoms. The summed E-state index contributed by atoms with van der Waals surface area (Å²) in [5.74, 6) is -0.135. The average molecular weight is 446 g/mol. The second-order valence-electron chi connectivity index (χ2n) is 7.62. The third-order valence-corrected chi connectivity index (χ3v) is 5.73. The highest BCUT2D eigenvalue weighted by atomic mass is 35.5. The van der Waals surface area contributed by atoms with Crippen LogP contribution in [-0.2, 0) is 9.53 Å². The lowest BCUT2D eigenvalue weighted by Gasteiger charge is -2.27. The molecule has 0 aliphatic carbocycles. The molecule has 3 aromatic rings. The van der Waals surface area contributed by atoms with Crippen LogP contribution in [0, 0.1) is 5.82 Å². The summed E-state index contributed by atoms with van der Waals surface area (Å²) in [6.07, 6.45) is 4.64. The number of carbonyl (C=O) groups excluding carboxylic acids is 1. The smallest absolute Gasteiger partial charge is 0.253 e. The van der Waals surface area contributed by atoms with Gasteiger partial charge in [0.2, 0.25) is 0 Å². The van der Waals surface area contributed by atoms with Gasteiger partial charge in [0.05, 0.1) is 17.8 Å². The van der Waals surface area contributed by atoms with Crippen molar-refractivity contribution in [2.24, 2.45) is 0 Å². The maximum Gasteiger partial charge on any atom is 0.253 e. The summed E-state index contributed by atoms with van der Waals surface area (Å²) in [5, 5.41) is 7.53. The number of halogens is 2. The van der Waals surface area contributed by atoms with Gasteiger partial charge in [0.25, 0.3) is 5.91 Å². The zero-order valence-corrected chi connectivity index (χ0v) is 17.3. The quantitative estimate of drug-likeness (QED) is 0.562. The number of aromatic nitrogens is 4. The molecule has 31 heavy (non-hydrogen) atoms. The van der Waals surface area contributed by atoms with E-state index in [0.29, 0.717) is 54.7 Å². The molecule has 3 N–H and O–H groups in total. The number of amides is 1. The van der Waals surface area contributed by atoms with Gasteiger partial charge in [-0.3, -0.25) is 4.79 Å². The molecular weight excluding hydrogens is 425 g/mol. The Balaban J connectivity index is 1.32. The number of hydrogen-bond acceptors (Lipinski definition) is 7. The van der Waals surface area contributed by atoms with Crippen LogP contribution in [0.1, 0.15) is 6.42 Å². The molecule has 2 atom stereocenters. The van der Waals surface area contributed by atoms with Crippen LogP contribution in [0.25, 0.3) is 22.4 Å². The third-order valence-electron chi connectivity index (χ3n) is 5.53. The van der Waals surface area contributed by atoms with Gasteiger partial charge in [0, 0.05) is 55.6 Å². The van der Waals surface area contributed by atoms with Crippen molar-refractivity contribution in [1.29, 1.82) is 0 Å². The van der Waals surface area contributed by atoms with Crippen LogP contribution >= 0.6 is 11.6 Å². The molecule has 2 fully saturated rings. The fraction of sp³-hybridized carbons (Fsp3) is 0.400. The second kappa shape index (κ2) is 8.37. The zero-order valence-electron chi connectivity index (χ0n) is 16.6. The molecule has 3 aromatic heterocycles. The Morgan fingerprint density at radius 2 is 2.26 bits per heavy atom. The Morgan fingerprint density at radius 1 is 1.35 bits per heavy atom. The van der Waals surface area contributed by atoms with E-state index < -0.39 is 11.9 Å². The van der Waals surface area contributed by atoms with E-state index in [1.807, 2.05) is 0 Å². The number of nitrogens with one attached hydrogen (secondary N) is 3. The minimum Gasteiger partial charge on any atom is -0.366 e. The van der Waals surface area contributed by atoms with E-state index in [2.05, 4.69) is 30.6 Å². The first-order valence-electron chi connectivity index (χ1n) is 10.1. The van der Waals surface area contributed by atoms with Crippen molar-refractivity contribution < 1.29 is 13.9 Å². The van der Waals surface area contributed by atoms with Gasteiger partial charge in [0.1, 0.15) is 11.8 Å². The second-order valence-corrected chi connectivity index (χ2v) is 8.06. The van der Waals surface area contributed by atoms with Gasteiger partial charge < -0.3 is 25.3 Å². The van der Waals surface area contributed by atoms with Gasteiger partial charge in [-0.05, 0) is 12.5 Å². The number of likely N-dealkylation sites (tertiary alicyclic amines) is 1. The molecule has 1 amide bonds. The van der Waals surface area contributed by atoms with Crippen LogP contribution in [0.3, 0.4) is 0 Å². The number of anilines is 1. The van der Waals surface area contributed by atoms with Crippen molar-refractivity contribution in [2.45, 2.75) is 18.6 Å². The van der Waals surface area contributed by atoms with Crippen molar-refractivity contribution in [2.75, 3.05) is 38.1 Å². The highest BCUT2D eigenvalue weighted by Crippen LogP contribution is 2.28. The zero-order chi connectivity index (χ0) is 21.4. The maximum atomic E-state index is 14.5. The number of aromatic amines is 1. The number of nitrogens with zero attached hydrogens (tertiary/aromatic N) is 4. The predicted molar refractivity (Wildman–Crippen MR) is 113 cm³/mol. The number of ether oxygens (including phenoxy) is 1. The molecule has 2 aliphatic heterocycles. The lowest BCUT2D eigenvalue weighted by Crippen LogP contribution is -2.49. The van der Waals surface area contributed by atoms with Crippen LogP contribution in [0.4, 0.5) is 10.2 Å². The highest BCUT2D eigenvalue weighted by molar-refractivity contribution is 6.31. The van der Waals surface area contributed by atoms with Crippen LogP contribution in [0.15, 0.2) is 24.7 Å². The van der Waals surface area contributed by atoms with E-state index in [1.54, 1.807) is 23.4 Å². The van der Waals surface area contributed by atoms with Crippen molar-refractivity contribution in [3.63, 3.8) is 0 Å². The largest absolute Gasteiger partial charge is 0.366 e. The molecule has 5 heterocycles. The topological polar surface area (TPSA) is 108 Å². The van der Waals surface area contributed by atoms with Crippen LogP contribution in [-0.4, -0.2) is 75.7 Å². The van der Waals surface area contributed by atoms with Crippen LogP contribution < -0.4 is 10.6 Å². The number of rotatable bonds is 4. The van der Waals surface area contributed by atoms with Gasteiger partial charge >= 0.3 is 0 Å². The summed E-state index contributed by atoms with van der Waals surface area (Å²) in [4.78, 5) is 30.2. The molecule has 0 aromatic carbocycles. The Hall–Kier alpha value is -2.82. The maximum absolute atomic E-state index is 14.5. The summed E-state index contributed by atoms with van der Waals surface area (Å²) < 4.78 is 20.0. The number of H-pyrrole nitrogens is 1. The van der Waals surface area contributed by atoms with Gasteiger partial charge in [-0.2, -0.15) is 0 Å². The third kappa shape index (κ3) is 4.06. The van der Waals surface area contributed by atoms with E-state index in [0.717, 1.165) is 18.1 Å². The molecule has 0 radical (unpaired) electrons. The van der Waals surface area contributed by atoms with E-state index in [1.165, 1.54) is 0 Å². The minimum absolute atomic E-state index is 0.0384. The number of fused-ring (bicyclic) bond motifs is 1. The highest BCUT2D eigenvalue weighted by Gasteiger charge is 2.32. The fourth-order valence-corrected chi connectivity index (χ4v) is 4.12. The monoisotopic (exact) mass is 445 g/mol. The Labute approximate surface area is 182 Å². The van der Waals surface area contributed by atoms with E-state index >= 15 is 0 Å². The molecule has 5 rings (SSSR count). The number of morpholine rings is 1. The molecule has 9 nitrogen and oxygen atoms in total.